The number of oxazole rings is 1. The van der Waals surface area contributed by atoms with E-state index in [0.29, 0.717) is 25.3 Å². The van der Waals surface area contributed by atoms with E-state index in [1.807, 2.05) is 45.0 Å². The van der Waals surface area contributed by atoms with Crippen LogP contribution in [0.2, 0.25) is 0 Å². The Labute approximate surface area is 197 Å². The highest BCUT2D eigenvalue weighted by Crippen LogP contribution is 2.24. The largest absolute Gasteiger partial charge is 0.444 e. The fourth-order valence-electron chi connectivity index (χ4n) is 3.86. The average molecular weight is 465 g/mol. The summed E-state index contributed by atoms with van der Waals surface area (Å²) in [6, 6.07) is 7.07. The monoisotopic (exact) mass is 464 g/mol. The molecule has 0 radical (unpaired) electrons. The van der Waals surface area contributed by atoms with Crippen molar-refractivity contribution >= 4 is 18.1 Å². The van der Waals surface area contributed by atoms with Crippen LogP contribution in [0.5, 0.6) is 0 Å². The molecule has 10 heteroatoms. The van der Waals surface area contributed by atoms with Crippen LogP contribution in [0.4, 0.5) is 4.79 Å². The highest BCUT2D eigenvalue weighted by Gasteiger charge is 2.39. The molecule has 0 saturated carbocycles. The number of rotatable bonds is 6. The molecule has 0 aliphatic carbocycles. The van der Waals surface area contributed by atoms with Crippen LogP contribution in [0.15, 0.2) is 53.9 Å². The van der Waals surface area contributed by atoms with E-state index in [0.717, 1.165) is 11.1 Å². The second-order valence-corrected chi connectivity index (χ2v) is 9.18. The molecule has 178 valence electrons. The molecule has 1 aliphatic rings. The molecule has 3 heterocycles. The van der Waals surface area contributed by atoms with Crippen LogP contribution in [-0.4, -0.2) is 61.1 Å². The Hall–Kier alpha value is -3.95. The molecule has 1 aromatic carbocycles. The molecule has 0 bridgehead atoms. The number of nitrogens with zero attached hydrogens (tertiary/aromatic N) is 5. The fraction of sp³-hybridized carbons (Fsp3) is 0.375. The van der Waals surface area contributed by atoms with Crippen LogP contribution in [0.1, 0.15) is 43.4 Å². The van der Waals surface area contributed by atoms with Gasteiger partial charge in [-0.3, -0.25) is 9.48 Å². The number of carbonyl (C=O) groups is 2. The zero-order valence-electron chi connectivity index (χ0n) is 19.5. The number of benzene rings is 1. The minimum absolute atomic E-state index is 0.0393. The van der Waals surface area contributed by atoms with Crippen LogP contribution in [-0.2, 0) is 11.3 Å². The van der Waals surface area contributed by atoms with Crippen molar-refractivity contribution in [2.24, 2.45) is 0 Å². The first-order valence-corrected chi connectivity index (χ1v) is 11.0. The van der Waals surface area contributed by atoms with Gasteiger partial charge in [-0.15, -0.1) is 5.10 Å². The van der Waals surface area contributed by atoms with Crippen molar-refractivity contribution in [3.8, 4) is 11.3 Å². The zero-order chi connectivity index (χ0) is 24.3. The standard InChI is InChI=1S/C24H28N6O4/c1-5-16-7-6-8-17(11-16)20-13-25-22(33-20)21(31)27-18-12-19(15-29-10-9-26-28-29)30(14-18)23(32)34-24(2,3)4/h5-11,13,18-19H,1,12,14-15H2,2-4H3,(H,27,31). The van der Waals surface area contributed by atoms with Crippen molar-refractivity contribution < 1.29 is 18.7 Å². The Balaban J connectivity index is 1.45. The van der Waals surface area contributed by atoms with E-state index in [4.69, 9.17) is 9.15 Å². The van der Waals surface area contributed by atoms with Crippen molar-refractivity contribution in [2.75, 3.05) is 6.54 Å². The summed E-state index contributed by atoms with van der Waals surface area (Å²) in [7, 11) is 0. The minimum atomic E-state index is -0.631. The predicted octanol–water partition coefficient (Wildman–Crippen LogP) is 3.38. The van der Waals surface area contributed by atoms with E-state index in [9.17, 15) is 9.59 Å². The van der Waals surface area contributed by atoms with Gasteiger partial charge in [-0.1, -0.05) is 36.1 Å². The number of hydrogen-bond acceptors (Lipinski definition) is 7. The van der Waals surface area contributed by atoms with Crippen LogP contribution in [0.3, 0.4) is 0 Å². The van der Waals surface area contributed by atoms with Crippen molar-refractivity contribution in [1.82, 2.24) is 30.2 Å². The highest BCUT2D eigenvalue weighted by molar-refractivity contribution is 5.90. The number of carbonyl (C=O) groups excluding carboxylic acids is 2. The summed E-state index contributed by atoms with van der Waals surface area (Å²) in [4.78, 5) is 31.4. The fourth-order valence-corrected chi connectivity index (χ4v) is 3.86. The molecule has 0 spiro atoms. The average Bonchev–Trinajstić information content (AvgIpc) is 3.54. The number of amides is 2. The van der Waals surface area contributed by atoms with E-state index >= 15 is 0 Å². The summed E-state index contributed by atoms with van der Waals surface area (Å²) in [5.74, 6) is 0.00364. The first-order chi connectivity index (χ1) is 16.2. The number of aromatic nitrogens is 4. The maximum Gasteiger partial charge on any atom is 0.410 e. The molecule has 2 atom stereocenters. The summed E-state index contributed by atoms with van der Waals surface area (Å²) in [5, 5.41) is 10.7. The molecule has 1 fully saturated rings. The van der Waals surface area contributed by atoms with Gasteiger partial charge >= 0.3 is 12.0 Å². The second kappa shape index (κ2) is 9.50. The normalized spacial score (nSPS) is 18.0. The summed E-state index contributed by atoms with van der Waals surface area (Å²) in [6.07, 6.45) is 6.66. The second-order valence-electron chi connectivity index (χ2n) is 9.18. The molecule has 3 aromatic rings. The van der Waals surface area contributed by atoms with Gasteiger partial charge in [-0.05, 0) is 38.8 Å². The molecular weight excluding hydrogens is 436 g/mol. The molecule has 4 rings (SSSR count). The molecule has 1 N–H and O–H groups in total. The topological polar surface area (TPSA) is 115 Å². The third-order valence-corrected chi connectivity index (χ3v) is 5.35. The van der Waals surface area contributed by atoms with Crippen molar-refractivity contribution in [3.05, 3.63) is 60.9 Å². The van der Waals surface area contributed by atoms with E-state index in [1.165, 1.54) is 6.20 Å². The molecule has 1 aliphatic heterocycles. The highest BCUT2D eigenvalue weighted by atomic mass is 16.6. The SMILES string of the molecule is C=Cc1cccc(-c2cnc(C(=O)NC3CC(Cn4ccnn4)N(C(=O)OC(C)(C)C)C3)o2)c1. The van der Waals surface area contributed by atoms with E-state index in [-0.39, 0.29) is 18.0 Å². The van der Waals surface area contributed by atoms with Crippen LogP contribution < -0.4 is 5.32 Å². The molecular formula is C24H28N6O4. The van der Waals surface area contributed by atoms with Gasteiger partial charge in [0.05, 0.1) is 25.0 Å². The molecule has 34 heavy (non-hydrogen) atoms. The van der Waals surface area contributed by atoms with Gasteiger partial charge in [0.15, 0.2) is 5.76 Å². The third-order valence-electron chi connectivity index (χ3n) is 5.35. The van der Waals surface area contributed by atoms with E-state index in [1.54, 1.807) is 28.1 Å². The minimum Gasteiger partial charge on any atom is -0.444 e. The van der Waals surface area contributed by atoms with Gasteiger partial charge in [0, 0.05) is 24.3 Å². The number of hydrogen-bond donors (Lipinski definition) is 1. The van der Waals surface area contributed by atoms with E-state index < -0.39 is 17.6 Å². The lowest BCUT2D eigenvalue weighted by molar-refractivity contribution is 0.0207. The van der Waals surface area contributed by atoms with Crippen molar-refractivity contribution in [2.45, 2.75) is 51.4 Å². The molecule has 2 unspecified atom stereocenters. The first kappa shape index (κ1) is 23.2. The zero-order valence-corrected chi connectivity index (χ0v) is 19.5. The Morgan fingerprint density at radius 2 is 2.18 bits per heavy atom. The summed E-state index contributed by atoms with van der Waals surface area (Å²) >= 11 is 0. The van der Waals surface area contributed by atoms with Gasteiger partial charge in [-0.25, -0.2) is 9.78 Å². The first-order valence-electron chi connectivity index (χ1n) is 11.0. The Bertz CT molecular complexity index is 1160. The molecule has 1 saturated heterocycles. The van der Waals surface area contributed by atoms with Crippen LogP contribution in [0, 0.1) is 0 Å². The number of ether oxygens (including phenoxy) is 1. The Kier molecular flexibility index (Phi) is 6.49. The maximum atomic E-state index is 12.9. The maximum absolute atomic E-state index is 12.9. The quantitative estimate of drug-likeness (QED) is 0.594. The van der Waals surface area contributed by atoms with Gasteiger partial charge in [0.25, 0.3) is 5.89 Å². The van der Waals surface area contributed by atoms with Gasteiger partial charge in [-0.2, -0.15) is 0 Å². The lowest BCUT2D eigenvalue weighted by Crippen LogP contribution is -2.43. The molecule has 10 nitrogen and oxygen atoms in total. The summed E-state index contributed by atoms with van der Waals surface area (Å²) in [5.41, 5.74) is 1.11. The van der Waals surface area contributed by atoms with Gasteiger partial charge < -0.3 is 19.4 Å². The number of likely N-dealkylation sites (tertiary alicyclic amines) is 1. The smallest absolute Gasteiger partial charge is 0.410 e. The van der Waals surface area contributed by atoms with Gasteiger partial charge in [0.1, 0.15) is 5.60 Å². The third kappa shape index (κ3) is 5.51. The van der Waals surface area contributed by atoms with E-state index in [2.05, 4.69) is 27.2 Å². The predicted molar refractivity (Wildman–Crippen MR) is 125 cm³/mol. The molecule has 2 amide bonds. The molecule has 2 aromatic heterocycles. The van der Waals surface area contributed by atoms with Crippen molar-refractivity contribution in [1.29, 1.82) is 0 Å². The summed E-state index contributed by atoms with van der Waals surface area (Å²) < 4.78 is 12.9. The van der Waals surface area contributed by atoms with Crippen LogP contribution >= 0.6 is 0 Å². The van der Waals surface area contributed by atoms with Gasteiger partial charge in [0.2, 0.25) is 0 Å². The lowest BCUT2D eigenvalue weighted by Gasteiger charge is -2.28. The van der Waals surface area contributed by atoms with Crippen LogP contribution in [0.25, 0.3) is 17.4 Å². The lowest BCUT2D eigenvalue weighted by atomic mass is 10.1. The Morgan fingerprint density at radius 1 is 1.35 bits per heavy atom. The Morgan fingerprint density at radius 3 is 2.88 bits per heavy atom. The summed E-state index contributed by atoms with van der Waals surface area (Å²) in [6.45, 7) is 9.96. The number of nitrogens with one attached hydrogen (secondary N) is 1. The van der Waals surface area contributed by atoms with Crippen molar-refractivity contribution in [3.63, 3.8) is 0 Å².